The number of halogens is 4. The van der Waals surface area contributed by atoms with E-state index in [0.29, 0.717) is 3.57 Å². The van der Waals surface area contributed by atoms with Crippen LogP contribution in [0.3, 0.4) is 0 Å². The van der Waals surface area contributed by atoms with Gasteiger partial charge in [0.2, 0.25) is 0 Å². The van der Waals surface area contributed by atoms with E-state index >= 15 is 0 Å². The molecule has 0 radical (unpaired) electrons. The van der Waals surface area contributed by atoms with Gasteiger partial charge in [0, 0.05) is 16.0 Å². The molecule has 20 heavy (non-hydrogen) atoms. The highest BCUT2D eigenvalue weighted by Crippen LogP contribution is 2.35. The quantitative estimate of drug-likeness (QED) is 0.787. The third-order valence-corrected chi connectivity index (χ3v) is 3.13. The van der Waals surface area contributed by atoms with Crippen LogP contribution in [0.25, 0.3) is 0 Å². The second-order valence-electron chi connectivity index (χ2n) is 3.88. The lowest BCUT2D eigenvalue weighted by atomic mass is 10.1. The maximum Gasteiger partial charge on any atom is 0.418 e. The number of rotatable bonds is 2. The highest BCUT2D eigenvalue weighted by molar-refractivity contribution is 14.1. The number of pyridine rings is 1. The Labute approximate surface area is 126 Å². The highest BCUT2D eigenvalue weighted by atomic mass is 127. The minimum atomic E-state index is -4.53. The Hall–Kier alpha value is -1.64. The summed E-state index contributed by atoms with van der Waals surface area (Å²) < 4.78 is 39.2. The van der Waals surface area contributed by atoms with Crippen LogP contribution in [0.15, 0.2) is 42.7 Å². The van der Waals surface area contributed by atoms with Crippen LogP contribution in [0.1, 0.15) is 15.9 Å². The summed E-state index contributed by atoms with van der Waals surface area (Å²) in [6, 6.07) is 6.72. The zero-order chi connectivity index (χ0) is 14.8. The van der Waals surface area contributed by atoms with E-state index in [1.165, 1.54) is 36.7 Å². The molecule has 7 heteroatoms. The van der Waals surface area contributed by atoms with Crippen LogP contribution in [0, 0.1) is 3.57 Å². The SMILES string of the molecule is O=C(Nc1ccc(I)cc1C(F)(F)F)c1cccnc1. The number of nitrogens with zero attached hydrogens (tertiary/aromatic N) is 1. The monoisotopic (exact) mass is 392 g/mol. The van der Waals surface area contributed by atoms with Crippen LogP contribution in [-0.2, 0) is 6.18 Å². The van der Waals surface area contributed by atoms with Gasteiger partial charge in [-0.15, -0.1) is 0 Å². The van der Waals surface area contributed by atoms with Crippen molar-refractivity contribution < 1.29 is 18.0 Å². The second kappa shape index (κ2) is 5.78. The van der Waals surface area contributed by atoms with Crippen LogP contribution in [-0.4, -0.2) is 10.9 Å². The normalized spacial score (nSPS) is 11.2. The van der Waals surface area contributed by atoms with E-state index in [0.717, 1.165) is 6.07 Å². The first-order chi connectivity index (χ1) is 9.38. The number of nitrogens with one attached hydrogen (secondary N) is 1. The Morgan fingerprint density at radius 3 is 2.60 bits per heavy atom. The minimum absolute atomic E-state index is 0.194. The lowest BCUT2D eigenvalue weighted by Gasteiger charge is -2.14. The van der Waals surface area contributed by atoms with E-state index in [1.807, 2.05) is 0 Å². The minimum Gasteiger partial charge on any atom is -0.321 e. The Kier molecular flexibility index (Phi) is 4.26. The molecule has 1 amide bonds. The molecule has 0 atom stereocenters. The fourth-order valence-corrected chi connectivity index (χ4v) is 2.04. The van der Waals surface area contributed by atoms with Crippen molar-refractivity contribution in [3.63, 3.8) is 0 Å². The van der Waals surface area contributed by atoms with Crippen molar-refractivity contribution in [3.05, 3.63) is 57.4 Å². The lowest BCUT2D eigenvalue weighted by molar-refractivity contribution is -0.137. The smallest absolute Gasteiger partial charge is 0.321 e. The average Bonchev–Trinajstić information content (AvgIpc) is 2.40. The molecule has 0 saturated heterocycles. The largest absolute Gasteiger partial charge is 0.418 e. The zero-order valence-corrected chi connectivity index (χ0v) is 12.1. The predicted octanol–water partition coefficient (Wildman–Crippen LogP) is 3.96. The Morgan fingerprint density at radius 1 is 1.25 bits per heavy atom. The summed E-state index contributed by atoms with van der Waals surface area (Å²) in [5, 5.41) is 2.26. The molecule has 0 bridgehead atoms. The maximum absolute atomic E-state index is 12.9. The number of amides is 1. The molecule has 0 aliphatic heterocycles. The van der Waals surface area contributed by atoms with Gasteiger partial charge in [-0.05, 0) is 52.9 Å². The van der Waals surface area contributed by atoms with Crippen molar-refractivity contribution in [2.45, 2.75) is 6.18 Å². The number of carbonyl (C=O) groups is 1. The van der Waals surface area contributed by atoms with Gasteiger partial charge in [-0.2, -0.15) is 13.2 Å². The molecular formula is C13H8F3IN2O. The van der Waals surface area contributed by atoms with Crippen LogP contribution >= 0.6 is 22.6 Å². The van der Waals surface area contributed by atoms with Gasteiger partial charge in [-0.3, -0.25) is 9.78 Å². The fraction of sp³-hybridized carbons (Fsp3) is 0.0769. The summed E-state index contributed by atoms with van der Waals surface area (Å²) in [6.45, 7) is 0. The maximum atomic E-state index is 12.9. The van der Waals surface area contributed by atoms with Crippen molar-refractivity contribution in [1.82, 2.24) is 4.98 Å². The molecule has 3 nitrogen and oxygen atoms in total. The summed E-state index contributed by atoms with van der Waals surface area (Å²) in [5.41, 5.74) is -0.951. The predicted molar refractivity (Wildman–Crippen MR) is 76.4 cm³/mol. The molecule has 0 fully saturated rings. The molecular weight excluding hydrogens is 384 g/mol. The summed E-state index contributed by atoms with van der Waals surface area (Å²) in [7, 11) is 0. The first-order valence-corrected chi connectivity index (χ1v) is 6.54. The van der Waals surface area contributed by atoms with Crippen molar-refractivity contribution in [1.29, 1.82) is 0 Å². The molecule has 104 valence electrons. The molecule has 0 unspecified atom stereocenters. The fourth-order valence-electron chi connectivity index (χ4n) is 1.55. The van der Waals surface area contributed by atoms with Gasteiger partial charge >= 0.3 is 6.18 Å². The topological polar surface area (TPSA) is 42.0 Å². The van der Waals surface area contributed by atoms with Gasteiger partial charge in [0.15, 0.2) is 0 Å². The number of carbonyl (C=O) groups excluding carboxylic acids is 1. The van der Waals surface area contributed by atoms with Gasteiger partial charge in [-0.1, -0.05) is 0 Å². The molecule has 2 aromatic rings. The van der Waals surface area contributed by atoms with E-state index in [9.17, 15) is 18.0 Å². The number of benzene rings is 1. The second-order valence-corrected chi connectivity index (χ2v) is 5.13. The third kappa shape index (κ3) is 3.47. The summed E-state index contributed by atoms with van der Waals surface area (Å²) in [6.07, 6.45) is -1.77. The molecule has 1 N–H and O–H groups in total. The van der Waals surface area contributed by atoms with Crippen molar-refractivity contribution in [3.8, 4) is 0 Å². The summed E-state index contributed by atoms with van der Waals surface area (Å²) >= 11 is 1.78. The Balaban J connectivity index is 2.33. The van der Waals surface area contributed by atoms with Crippen molar-refractivity contribution in [2.24, 2.45) is 0 Å². The number of hydrogen-bond donors (Lipinski definition) is 1. The van der Waals surface area contributed by atoms with Crippen LogP contribution in [0.4, 0.5) is 18.9 Å². The molecule has 1 heterocycles. The zero-order valence-electron chi connectivity index (χ0n) is 9.91. The molecule has 0 spiro atoms. The van der Waals surface area contributed by atoms with E-state index in [-0.39, 0.29) is 11.3 Å². The van der Waals surface area contributed by atoms with Crippen LogP contribution in [0.2, 0.25) is 0 Å². The Morgan fingerprint density at radius 2 is 2.00 bits per heavy atom. The number of alkyl halides is 3. The Bertz CT molecular complexity index is 629. The van der Waals surface area contributed by atoms with Crippen LogP contribution < -0.4 is 5.32 Å². The van der Waals surface area contributed by atoms with Gasteiger partial charge in [-0.25, -0.2) is 0 Å². The lowest BCUT2D eigenvalue weighted by Crippen LogP contribution is -2.17. The molecule has 2 rings (SSSR count). The summed E-state index contributed by atoms with van der Waals surface area (Å²) in [5.74, 6) is -0.634. The number of aromatic nitrogens is 1. The molecule has 0 aliphatic carbocycles. The van der Waals surface area contributed by atoms with Crippen molar-refractivity contribution >= 4 is 34.2 Å². The van der Waals surface area contributed by atoms with E-state index in [1.54, 1.807) is 22.6 Å². The van der Waals surface area contributed by atoms with Gasteiger partial charge in [0.1, 0.15) is 0 Å². The van der Waals surface area contributed by atoms with Gasteiger partial charge in [0.05, 0.1) is 16.8 Å². The van der Waals surface area contributed by atoms with E-state index in [4.69, 9.17) is 0 Å². The average molecular weight is 392 g/mol. The molecule has 0 saturated carbocycles. The molecule has 0 aliphatic rings. The van der Waals surface area contributed by atoms with Gasteiger partial charge < -0.3 is 5.32 Å². The van der Waals surface area contributed by atoms with Crippen LogP contribution in [0.5, 0.6) is 0 Å². The first-order valence-electron chi connectivity index (χ1n) is 5.46. The molecule has 1 aromatic carbocycles. The van der Waals surface area contributed by atoms with E-state index in [2.05, 4.69) is 10.3 Å². The number of anilines is 1. The van der Waals surface area contributed by atoms with Crippen molar-refractivity contribution in [2.75, 3.05) is 5.32 Å². The van der Waals surface area contributed by atoms with Gasteiger partial charge in [0.25, 0.3) is 5.91 Å². The summed E-state index contributed by atoms with van der Waals surface area (Å²) in [4.78, 5) is 15.6. The third-order valence-electron chi connectivity index (χ3n) is 2.46. The molecule has 1 aromatic heterocycles. The first kappa shape index (κ1) is 14.8. The highest BCUT2D eigenvalue weighted by Gasteiger charge is 2.34. The standard InChI is InChI=1S/C13H8F3IN2O/c14-13(15,16)10-6-9(17)3-4-11(10)19-12(20)8-2-1-5-18-7-8/h1-7H,(H,19,20). The van der Waals surface area contributed by atoms with E-state index < -0.39 is 17.6 Å². The number of hydrogen-bond acceptors (Lipinski definition) is 2.